The zero-order valence-electron chi connectivity index (χ0n) is 8.46. The molecule has 0 aliphatic heterocycles. The summed E-state index contributed by atoms with van der Waals surface area (Å²) < 4.78 is 1.65. The number of hydrogen-bond acceptors (Lipinski definition) is 2. The van der Waals surface area contributed by atoms with Gasteiger partial charge in [-0.25, -0.2) is 0 Å². The molecule has 0 saturated heterocycles. The van der Waals surface area contributed by atoms with Crippen LogP contribution in [0.1, 0.15) is 20.8 Å². The molecule has 13 heavy (non-hydrogen) atoms. The minimum absolute atomic E-state index is 0.0220. The van der Waals surface area contributed by atoms with E-state index in [2.05, 4.69) is 10.4 Å². The van der Waals surface area contributed by atoms with Crippen LogP contribution in [0.2, 0.25) is 0 Å². The van der Waals surface area contributed by atoms with Gasteiger partial charge in [-0.2, -0.15) is 5.10 Å². The molecule has 4 heteroatoms. The first kappa shape index (κ1) is 9.77. The molecular formula is C9H15N3O. The van der Waals surface area contributed by atoms with Gasteiger partial charge in [0.1, 0.15) is 0 Å². The van der Waals surface area contributed by atoms with Crippen molar-refractivity contribution in [2.45, 2.75) is 20.8 Å². The summed E-state index contributed by atoms with van der Waals surface area (Å²) in [4.78, 5) is 11.5. The monoisotopic (exact) mass is 181 g/mol. The lowest BCUT2D eigenvalue weighted by molar-refractivity contribution is -0.123. The number of carbonyl (C=O) groups excluding carboxylic acids is 1. The number of hydrogen-bond donors (Lipinski definition) is 1. The summed E-state index contributed by atoms with van der Waals surface area (Å²) in [7, 11) is 1.81. The zero-order valence-corrected chi connectivity index (χ0v) is 8.46. The molecule has 0 spiro atoms. The average molecular weight is 181 g/mol. The molecule has 1 rings (SSSR count). The molecule has 4 nitrogen and oxygen atoms in total. The highest BCUT2D eigenvalue weighted by Gasteiger charge is 2.21. The van der Waals surface area contributed by atoms with Gasteiger partial charge >= 0.3 is 0 Å². The third-order valence-corrected chi connectivity index (χ3v) is 1.64. The fraction of sp³-hybridized carbons (Fsp3) is 0.556. The van der Waals surface area contributed by atoms with Crippen LogP contribution in [0.5, 0.6) is 0 Å². The highest BCUT2D eigenvalue weighted by molar-refractivity contribution is 5.93. The third-order valence-electron chi connectivity index (χ3n) is 1.64. The molecule has 0 saturated carbocycles. The van der Waals surface area contributed by atoms with Crippen LogP contribution in [0.3, 0.4) is 0 Å². The molecule has 1 aromatic heterocycles. The van der Waals surface area contributed by atoms with Gasteiger partial charge in [0.2, 0.25) is 5.91 Å². The Morgan fingerprint density at radius 2 is 2.15 bits per heavy atom. The van der Waals surface area contributed by atoms with E-state index in [4.69, 9.17) is 0 Å². The van der Waals surface area contributed by atoms with Crippen LogP contribution in [-0.2, 0) is 11.8 Å². The minimum Gasteiger partial charge on any atom is -0.309 e. The summed E-state index contributed by atoms with van der Waals surface area (Å²) in [5, 5.41) is 6.78. The van der Waals surface area contributed by atoms with Gasteiger partial charge in [-0.3, -0.25) is 9.48 Å². The lowest BCUT2D eigenvalue weighted by atomic mass is 9.96. The maximum absolute atomic E-state index is 11.5. The average Bonchev–Trinajstić information content (AvgIpc) is 2.33. The standard InChI is InChI=1S/C9H15N3O/c1-9(2,3)8(13)10-7-5-6-12(4)11-7/h5-6H,1-4H3,(H,10,11,13). The van der Waals surface area contributed by atoms with Gasteiger partial charge < -0.3 is 5.32 Å². The summed E-state index contributed by atoms with van der Waals surface area (Å²) in [5.74, 6) is 0.577. The molecule has 72 valence electrons. The van der Waals surface area contributed by atoms with Crippen LogP contribution in [-0.4, -0.2) is 15.7 Å². The van der Waals surface area contributed by atoms with Crippen molar-refractivity contribution >= 4 is 11.7 Å². The Bertz CT molecular complexity index is 309. The first-order valence-electron chi connectivity index (χ1n) is 4.21. The normalized spacial score (nSPS) is 11.4. The zero-order chi connectivity index (χ0) is 10.1. The molecule has 1 heterocycles. The molecule has 0 aromatic carbocycles. The SMILES string of the molecule is Cn1ccc(NC(=O)C(C)(C)C)n1. The Hall–Kier alpha value is -1.32. The maximum atomic E-state index is 11.5. The van der Waals surface area contributed by atoms with E-state index in [1.165, 1.54) is 0 Å². The molecule has 0 radical (unpaired) electrons. The molecule has 0 bridgehead atoms. The van der Waals surface area contributed by atoms with E-state index in [9.17, 15) is 4.79 Å². The van der Waals surface area contributed by atoms with E-state index < -0.39 is 0 Å². The van der Waals surface area contributed by atoms with Gasteiger partial charge in [-0.15, -0.1) is 0 Å². The van der Waals surface area contributed by atoms with E-state index in [1.54, 1.807) is 16.9 Å². The lowest BCUT2D eigenvalue weighted by Crippen LogP contribution is -2.27. The topological polar surface area (TPSA) is 46.9 Å². The minimum atomic E-state index is -0.377. The molecular weight excluding hydrogens is 166 g/mol. The molecule has 0 unspecified atom stereocenters. The van der Waals surface area contributed by atoms with Crippen LogP contribution in [0, 0.1) is 5.41 Å². The van der Waals surface area contributed by atoms with Gasteiger partial charge in [-0.05, 0) is 0 Å². The Morgan fingerprint density at radius 1 is 1.54 bits per heavy atom. The fourth-order valence-corrected chi connectivity index (χ4v) is 0.786. The van der Waals surface area contributed by atoms with Crippen molar-refractivity contribution in [3.05, 3.63) is 12.3 Å². The Kier molecular flexibility index (Phi) is 2.40. The number of aryl methyl sites for hydroxylation is 1. The fourth-order valence-electron chi connectivity index (χ4n) is 0.786. The van der Waals surface area contributed by atoms with Gasteiger partial charge in [0.25, 0.3) is 0 Å². The predicted octanol–water partition coefficient (Wildman–Crippen LogP) is 1.40. The summed E-state index contributed by atoms with van der Waals surface area (Å²) in [6.07, 6.45) is 1.79. The molecule has 1 amide bonds. The Morgan fingerprint density at radius 3 is 2.54 bits per heavy atom. The number of amides is 1. The largest absolute Gasteiger partial charge is 0.309 e. The summed E-state index contributed by atoms with van der Waals surface area (Å²) in [5.41, 5.74) is -0.377. The summed E-state index contributed by atoms with van der Waals surface area (Å²) in [6.45, 7) is 5.60. The molecule has 1 N–H and O–H groups in total. The van der Waals surface area contributed by atoms with E-state index >= 15 is 0 Å². The van der Waals surface area contributed by atoms with Gasteiger partial charge in [-0.1, -0.05) is 20.8 Å². The second-order valence-corrected chi connectivity index (χ2v) is 4.08. The lowest BCUT2D eigenvalue weighted by Gasteiger charge is -2.16. The summed E-state index contributed by atoms with van der Waals surface area (Å²) >= 11 is 0. The first-order valence-corrected chi connectivity index (χ1v) is 4.21. The van der Waals surface area contributed by atoms with E-state index in [0.717, 1.165) is 0 Å². The maximum Gasteiger partial charge on any atom is 0.230 e. The van der Waals surface area contributed by atoms with Crippen LogP contribution in [0.15, 0.2) is 12.3 Å². The van der Waals surface area contributed by atoms with E-state index in [1.807, 2.05) is 27.8 Å². The second-order valence-electron chi connectivity index (χ2n) is 4.08. The van der Waals surface area contributed by atoms with Crippen molar-refractivity contribution in [1.29, 1.82) is 0 Å². The second kappa shape index (κ2) is 3.20. The highest BCUT2D eigenvalue weighted by atomic mass is 16.2. The van der Waals surface area contributed by atoms with Crippen molar-refractivity contribution < 1.29 is 4.79 Å². The molecule has 1 aromatic rings. The van der Waals surface area contributed by atoms with Crippen molar-refractivity contribution in [3.8, 4) is 0 Å². The van der Waals surface area contributed by atoms with Gasteiger partial charge in [0.15, 0.2) is 5.82 Å². The van der Waals surface area contributed by atoms with Crippen LogP contribution < -0.4 is 5.32 Å². The van der Waals surface area contributed by atoms with E-state index in [-0.39, 0.29) is 11.3 Å². The number of nitrogens with zero attached hydrogens (tertiary/aromatic N) is 2. The first-order chi connectivity index (χ1) is 5.89. The molecule has 0 fully saturated rings. The van der Waals surface area contributed by atoms with Crippen molar-refractivity contribution in [2.24, 2.45) is 12.5 Å². The smallest absolute Gasteiger partial charge is 0.230 e. The van der Waals surface area contributed by atoms with Crippen molar-refractivity contribution in [3.63, 3.8) is 0 Å². The van der Waals surface area contributed by atoms with Gasteiger partial charge in [0.05, 0.1) is 0 Å². The summed E-state index contributed by atoms with van der Waals surface area (Å²) in [6, 6.07) is 1.77. The highest BCUT2D eigenvalue weighted by Crippen LogP contribution is 2.15. The third kappa shape index (κ3) is 2.57. The van der Waals surface area contributed by atoms with Crippen LogP contribution in [0.4, 0.5) is 5.82 Å². The quantitative estimate of drug-likeness (QED) is 0.712. The molecule has 0 aliphatic carbocycles. The number of rotatable bonds is 1. The van der Waals surface area contributed by atoms with Crippen LogP contribution in [0.25, 0.3) is 0 Å². The number of aromatic nitrogens is 2. The number of nitrogens with one attached hydrogen (secondary N) is 1. The number of anilines is 1. The molecule has 0 atom stereocenters. The van der Waals surface area contributed by atoms with E-state index in [0.29, 0.717) is 5.82 Å². The van der Waals surface area contributed by atoms with Crippen molar-refractivity contribution in [2.75, 3.05) is 5.32 Å². The Balaban J connectivity index is 2.65. The van der Waals surface area contributed by atoms with Crippen LogP contribution >= 0.6 is 0 Å². The van der Waals surface area contributed by atoms with Gasteiger partial charge in [0, 0.05) is 24.7 Å². The number of carbonyl (C=O) groups is 1. The Labute approximate surface area is 77.9 Å². The van der Waals surface area contributed by atoms with Crippen molar-refractivity contribution in [1.82, 2.24) is 9.78 Å². The predicted molar refractivity (Wildman–Crippen MR) is 51.3 cm³/mol. The molecule has 0 aliphatic rings.